The standard InChI is InChI=1S/C18H12N2O3S/c19-10-13-6-1-3-7-14(13)20-17(21)11-23-18(22)16-9-12-5-2-4-8-15(12)24-16/h1-9H,11H2,(H,20,21). The van der Waals surface area contributed by atoms with Crippen LogP contribution in [0.25, 0.3) is 10.1 Å². The highest BCUT2D eigenvalue weighted by Crippen LogP contribution is 2.25. The predicted octanol–water partition coefficient (Wildman–Crippen LogP) is 3.57. The largest absolute Gasteiger partial charge is 0.451 e. The lowest BCUT2D eigenvalue weighted by atomic mass is 10.2. The van der Waals surface area contributed by atoms with Crippen molar-refractivity contribution in [1.29, 1.82) is 5.26 Å². The van der Waals surface area contributed by atoms with Crippen LogP contribution < -0.4 is 5.32 Å². The minimum absolute atomic E-state index is 0.349. The number of hydrogen-bond acceptors (Lipinski definition) is 5. The monoisotopic (exact) mass is 336 g/mol. The van der Waals surface area contributed by atoms with Crippen molar-refractivity contribution in [1.82, 2.24) is 0 Å². The molecule has 1 N–H and O–H groups in total. The minimum Gasteiger partial charge on any atom is -0.451 e. The normalized spacial score (nSPS) is 10.1. The summed E-state index contributed by atoms with van der Waals surface area (Å²) in [5.74, 6) is -1.04. The van der Waals surface area contributed by atoms with E-state index < -0.39 is 18.5 Å². The number of benzene rings is 2. The average Bonchev–Trinajstić information content (AvgIpc) is 3.04. The maximum absolute atomic E-state index is 12.1. The molecular formula is C18H12N2O3S. The van der Waals surface area contributed by atoms with Crippen LogP contribution in [0.4, 0.5) is 5.69 Å². The first-order chi connectivity index (χ1) is 11.7. The first-order valence-corrected chi connectivity index (χ1v) is 7.94. The zero-order valence-electron chi connectivity index (χ0n) is 12.5. The van der Waals surface area contributed by atoms with Crippen LogP contribution in [0.5, 0.6) is 0 Å². The summed E-state index contributed by atoms with van der Waals surface area (Å²) in [4.78, 5) is 24.4. The fraction of sp³-hybridized carbons (Fsp3) is 0.0556. The number of carbonyl (C=O) groups is 2. The third-order valence-corrected chi connectivity index (χ3v) is 4.38. The minimum atomic E-state index is -0.542. The van der Waals surface area contributed by atoms with Gasteiger partial charge in [-0.2, -0.15) is 5.26 Å². The molecule has 24 heavy (non-hydrogen) atoms. The van der Waals surface area contributed by atoms with E-state index in [-0.39, 0.29) is 0 Å². The molecule has 0 atom stereocenters. The highest BCUT2D eigenvalue weighted by Gasteiger charge is 2.14. The molecule has 3 aromatic rings. The quantitative estimate of drug-likeness (QED) is 0.739. The van der Waals surface area contributed by atoms with E-state index in [0.717, 1.165) is 10.1 Å². The molecule has 1 aromatic heterocycles. The van der Waals surface area contributed by atoms with Crippen LogP contribution >= 0.6 is 11.3 Å². The number of rotatable bonds is 4. The summed E-state index contributed by atoms with van der Waals surface area (Å²) in [5.41, 5.74) is 0.740. The number of esters is 1. The van der Waals surface area contributed by atoms with Gasteiger partial charge in [-0.15, -0.1) is 11.3 Å². The number of nitrogens with one attached hydrogen (secondary N) is 1. The lowest BCUT2D eigenvalue weighted by Gasteiger charge is -2.07. The van der Waals surface area contributed by atoms with Crippen molar-refractivity contribution in [3.05, 3.63) is 65.0 Å². The van der Waals surface area contributed by atoms with Crippen molar-refractivity contribution >= 4 is 39.0 Å². The van der Waals surface area contributed by atoms with E-state index in [1.54, 1.807) is 30.3 Å². The predicted molar refractivity (Wildman–Crippen MR) is 91.9 cm³/mol. The van der Waals surface area contributed by atoms with Gasteiger partial charge in [0.15, 0.2) is 6.61 Å². The molecular weight excluding hydrogens is 324 g/mol. The SMILES string of the molecule is N#Cc1ccccc1NC(=O)COC(=O)c1cc2ccccc2s1. The number of para-hydroxylation sites is 1. The number of hydrogen-bond donors (Lipinski definition) is 1. The summed E-state index contributed by atoms with van der Waals surface area (Å²) >= 11 is 1.32. The average molecular weight is 336 g/mol. The van der Waals surface area contributed by atoms with Gasteiger partial charge in [0.2, 0.25) is 0 Å². The number of thiophene rings is 1. The molecule has 0 saturated heterocycles. The second-order valence-electron chi connectivity index (χ2n) is 4.93. The van der Waals surface area contributed by atoms with Crippen LogP contribution in [0, 0.1) is 11.3 Å². The summed E-state index contributed by atoms with van der Waals surface area (Å²) in [6.07, 6.45) is 0. The molecule has 1 heterocycles. The zero-order chi connectivity index (χ0) is 16.9. The molecule has 5 nitrogen and oxygen atoms in total. The molecule has 0 fully saturated rings. The molecule has 0 aliphatic carbocycles. The number of amides is 1. The molecule has 0 saturated carbocycles. The second kappa shape index (κ2) is 6.94. The van der Waals surface area contributed by atoms with Crippen LogP contribution in [-0.2, 0) is 9.53 Å². The third kappa shape index (κ3) is 3.42. The van der Waals surface area contributed by atoms with Gasteiger partial charge in [0.05, 0.1) is 11.3 Å². The summed E-state index contributed by atoms with van der Waals surface area (Å²) in [6, 6.07) is 18.0. The number of ether oxygens (including phenoxy) is 1. The van der Waals surface area contributed by atoms with Crippen LogP contribution in [-0.4, -0.2) is 18.5 Å². The Kier molecular flexibility index (Phi) is 4.54. The Hall–Kier alpha value is -3.17. The Morgan fingerprint density at radius 3 is 2.67 bits per heavy atom. The number of carbonyl (C=O) groups excluding carboxylic acids is 2. The van der Waals surface area contributed by atoms with E-state index in [4.69, 9.17) is 10.00 Å². The molecule has 2 aromatic carbocycles. The number of nitriles is 1. The number of nitrogens with zero attached hydrogens (tertiary/aromatic N) is 1. The maximum atomic E-state index is 12.1. The van der Waals surface area contributed by atoms with Crippen molar-refractivity contribution in [3.8, 4) is 6.07 Å². The molecule has 1 amide bonds. The molecule has 0 bridgehead atoms. The van der Waals surface area contributed by atoms with Crippen molar-refractivity contribution in [2.45, 2.75) is 0 Å². The Balaban J connectivity index is 1.61. The summed E-state index contributed by atoms with van der Waals surface area (Å²) < 4.78 is 6.02. The van der Waals surface area contributed by atoms with Crippen LogP contribution in [0.1, 0.15) is 15.2 Å². The topological polar surface area (TPSA) is 79.2 Å². The first kappa shape index (κ1) is 15.7. The molecule has 3 rings (SSSR count). The van der Waals surface area contributed by atoms with Crippen molar-refractivity contribution in [2.75, 3.05) is 11.9 Å². The molecule has 0 spiro atoms. The van der Waals surface area contributed by atoms with E-state index in [9.17, 15) is 9.59 Å². The van der Waals surface area contributed by atoms with Crippen LogP contribution in [0.15, 0.2) is 54.6 Å². The molecule has 0 aliphatic rings. The second-order valence-corrected chi connectivity index (χ2v) is 6.01. The van der Waals surface area contributed by atoms with E-state index in [2.05, 4.69) is 5.32 Å². The number of fused-ring (bicyclic) bond motifs is 1. The summed E-state index contributed by atoms with van der Waals surface area (Å²) in [6.45, 7) is -0.410. The number of anilines is 1. The lowest BCUT2D eigenvalue weighted by molar-refractivity contribution is -0.119. The van der Waals surface area contributed by atoms with Gasteiger partial charge >= 0.3 is 5.97 Å². The highest BCUT2D eigenvalue weighted by molar-refractivity contribution is 7.20. The van der Waals surface area contributed by atoms with E-state index >= 15 is 0 Å². The third-order valence-electron chi connectivity index (χ3n) is 3.28. The van der Waals surface area contributed by atoms with Crippen molar-refractivity contribution in [3.63, 3.8) is 0 Å². The molecule has 0 aliphatic heterocycles. The molecule has 6 heteroatoms. The van der Waals surface area contributed by atoms with Crippen molar-refractivity contribution < 1.29 is 14.3 Å². The van der Waals surface area contributed by atoms with E-state index in [0.29, 0.717) is 16.1 Å². The van der Waals surface area contributed by atoms with Gasteiger partial charge < -0.3 is 10.1 Å². The van der Waals surface area contributed by atoms with Gasteiger partial charge in [0.1, 0.15) is 10.9 Å². The Labute approximate surface area is 142 Å². The lowest BCUT2D eigenvalue weighted by Crippen LogP contribution is -2.21. The fourth-order valence-electron chi connectivity index (χ4n) is 2.16. The Morgan fingerprint density at radius 1 is 1.12 bits per heavy atom. The van der Waals surface area contributed by atoms with Crippen LogP contribution in [0.3, 0.4) is 0 Å². The highest BCUT2D eigenvalue weighted by atomic mass is 32.1. The maximum Gasteiger partial charge on any atom is 0.348 e. The molecule has 0 radical (unpaired) electrons. The Bertz CT molecular complexity index is 923. The first-order valence-electron chi connectivity index (χ1n) is 7.12. The van der Waals surface area contributed by atoms with E-state index in [1.165, 1.54) is 11.3 Å². The van der Waals surface area contributed by atoms with Crippen LogP contribution in [0.2, 0.25) is 0 Å². The van der Waals surface area contributed by atoms with Gasteiger partial charge in [-0.25, -0.2) is 4.79 Å². The van der Waals surface area contributed by atoms with Gasteiger partial charge in [-0.1, -0.05) is 30.3 Å². The smallest absolute Gasteiger partial charge is 0.348 e. The van der Waals surface area contributed by atoms with Crippen molar-refractivity contribution in [2.24, 2.45) is 0 Å². The summed E-state index contributed by atoms with van der Waals surface area (Å²) in [7, 11) is 0. The molecule has 0 unspecified atom stereocenters. The molecule has 118 valence electrons. The van der Waals surface area contributed by atoms with Gasteiger partial charge in [-0.05, 0) is 29.7 Å². The van der Waals surface area contributed by atoms with E-state index in [1.807, 2.05) is 30.3 Å². The summed E-state index contributed by atoms with van der Waals surface area (Å²) in [5, 5.41) is 12.5. The Morgan fingerprint density at radius 2 is 1.88 bits per heavy atom. The van der Waals surface area contributed by atoms with Gasteiger partial charge in [-0.3, -0.25) is 4.79 Å². The zero-order valence-corrected chi connectivity index (χ0v) is 13.3. The van der Waals surface area contributed by atoms with Gasteiger partial charge in [0.25, 0.3) is 5.91 Å². The van der Waals surface area contributed by atoms with Gasteiger partial charge in [0, 0.05) is 4.70 Å². The fourth-order valence-corrected chi connectivity index (χ4v) is 3.12.